The van der Waals surface area contributed by atoms with Crippen LogP contribution >= 0.6 is 11.6 Å². The van der Waals surface area contributed by atoms with Crippen LogP contribution in [0.2, 0.25) is 5.02 Å². The second-order valence-electron chi connectivity index (χ2n) is 4.75. The third-order valence-electron chi connectivity index (χ3n) is 2.95. The third kappa shape index (κ3) is 4.36. The van der Waals surface area contributed by atoms with Gasteiger partial charge < -0.3 is 16.4 Å². The highest BCUT2D eigenvalue weighted by Crippen LogP contribution is 2.24. The molecule has 0 spiro atoms. The number of carbonyl (C=O) groups excluding carboxylic acids is 1. The fraction of sp³-hybridized carbons (Fsp3) is 0.462. The molecule has 0 saturated heterocycles. The Hall–Kier alpha value is -1.33. The number of hydrogen-bond donors (Lipinski definition) is 3. The SMILES string of the molecule is NCC(CC(=O)NC1CC1)Nc1cc(F)ccc1Cl. The van der Waals surface area contributed by atoms with E-state index in [1.807, 2.05) is 0 Å². The molecule has 1 aliphatic carbocycles. The zero-order chi connectivity index (χ0) is 13.8. The van der Waals surface area contributed by atoms with Gasteiger partial charge >= 0.3 is 0 Å². The maximum absolute atomic E-state index is 13.1. The van der Waals surface area contributed by atoms with Crippen molar-refractivity contribution in [3.05, 3.63) is 29.0 Å². The average molecular weight is 286 g/mol. The van der Waals surface area contributed by atoms with Crippen LogP contribution in [0.3, 0.4) is 0 Å². The number of carbonyl (C=O) groups is 1. The van der Waals surface area contributed by atoms with E-state index in [0.717, 1.165) is 12.8 Å². The summed E-state index contributed by atoms with van der Waals surface area (Å²) in [6.45, 7) is 0.269. The van der Waals surface area contributed by atoms with Gasteiger partial charge in [-0.3, -0.25) is 4.79 Å². The lowest BCUT2D eigenvalue weighted by Gasteiger charge is -2.18. The minimum atomic E-state index is -0.384. The summed E-state index contributed by atoms with van der Waals surface area (Å²) >= 11 is 5.96. The number of halogens is 2. The van der Waals surface area contributed by atoms with Crippen LogP contribution in [0.15, 0.2) is 18.2 Å². The summed E-state index contributed by atoms with van der Waals surface area (Å²) in [6, 6.07) is 4.10. The fourth-order valence-corrected chi connectivity index (χ4v) is 1.93. The van der Waals surface area contributed by atoms with Gasteiger partial charge in [0.15, 0.2) is 0 Å². The summed E-state index contributed by atoms with van der Waals surface area (Å²) in [5, 5.41) is 6.30. The van der Waals surface area contributed by atoms with E-state index in [9.17, 15) is 9.18 Å². The molecule has 0 aromatic heterocycles. The van der Waals surface area contributed by atoms with Crippen molar-refractivity contribution in [1.82, 2.24) is 5.32 Å². The van der Waals surface area contributed by atoms with E-state index in [0.29, 0.717) is 16.8 Å². The minimum absolute atomic E-state index is 0.0435. The zero-order valence-corrected chi connectivity index (χ0v) is 11.2. The van der Waals surface area contributed by atoms with Gasteiger partial charge in [0.25, 0.3) is 0 Å². The van der Waals surface area contributed by atoms with E-state index in [1.54, 1.807) is 0 Å². The standard InChI is InChI=1S/C13H17ClFN3O/c14-11-4-1-8(15)5-12(11)17-10(7-16)6-13(19)18-9-2-3-9/h1,4-5,9-10,17H,2-3,6-7,16H2,(H,18,19). The van der Waals surface area contributed by atoms with Gasteiger partial charge in [-0.25, -0.2) is 4.39 Å². The fourth-order valence-electron chi connectivity index (χ4n) is 1.76. The topological polar surface area (TPSA) is 67.2 Å². The summed E-state index contributed by atoms with van der Waals surface area (Å²) in [4.78, 5) is 11.7. The Morgan fingerprint density at radius 1 is 1.53 bits per heavy atom. The summed E-state index contributed by atoms with van der Waals surface area (Å²) in [5.74, 6) is -0.428. The van der Waals surface area contributed by atoms with Gasteiger partial charge in [-0.2, -0.15) is 0 Å². The summed E-state index contributed by atoms with van der Waals surface area (Å²) in [7, 11) is 0. The Balaban J connectivity index is 1.93. The minimum Gasteiger partial charge on any atom is -0.379 e. The second kappa shape index (κ2) is 6.21. The van der Waals surface area contributed by atoms with Gasteiger partial charge in [0.1, 0.15) is 5.82 Å². The van der Waals surface area contributed by atoms with Crippen LogP contribution in [-0.2, 0) is 4.79 Å². The van der Waals surface area contributed by atoms with Gasteiger partial charge in [0, 0.05) is 25.0 Å². The molecule has 4 N–H and O–H groups in total. The Bertz CT molecular complexity index is 465. The molecule has 1 fully saturated rings. The highest BCUT2D eigenvalue weighted by molar-refractivity contribution is 6.33. The van der Waals surface area contributed by atoms with E-state index in [4.69, 9.17) is 17.3 Å². The van der Waals surface area contributed by atoms with Gasteiger partial charge in [-0.05, 0) is 31.0 Å². The van der Waals surface area contributed by atoms with Crippen molar-refractivity contribution in [2.24, 2.45) is 5.73 Å². The van der Waals surface area contributed by atoms with Crippen LogP contribution in [0, 0.1) is 5.82 Å². The molecule has 6 heteroatoms. The molecule has 19 heavy (non-hydrogen) atoms. The van der Waals surface area contributed by atoms with Crippen molar-refractivity contribution >= 4 is 23.2 Å². The highest BCUT2D eigenvalue weighted by Gasteiger charge is 2.24. The first-order chi connectivity index (χ1) is 9.08. The van der Waals surface area contributed by atoms with Gasteiger partial charge in [0.05, 0.1) is 10.7 Å². The molecular formula is C13H17ClFN3O. The quantitative estimate of drug-likeness (QED) is 0.748. The number of nitrogens with one attached hydrogen (secondary N) is 2. The first-order valence-corrected chi connectivity index (χ1v) is 6.67. The molecule has 1 aliphatic rings. The molecule has 0 radical (unpaired) electrons. The number of amides is 1. The molecule has 104 valence electrons. The van der Waals surface area contributed by atoms with Crippen LogP contribution in [0.25, 0.3) is 0 Å². The monoisotopic (exact) mass is 285 g/mol. The molecule has 4 nitrogen and oxygen atoms in total. The Kier molecular flexibility index (Phi) is 4.61. The smallest absolute Gasteiger partial charge is 0.222 e. The van der Waals surface area contributed by atoms with Crippen LogP contribution in [0.4, 0.5) is 10.1 Å². The maximum Gasteiger partial charge on any atom is 0.222 e. The van der Waals surface area contributed by atoms with Crippen LogP contribution in [-0.4, -0.2) is 24.5 Å². The zero-order valence-electron chi connectivity index (χ0n) is 10.5. The number of benzene rings is 1. The summed E-state index contributed by atoms with van der Waals surface area (Å²) in [5.41, 5.74) is 6.08. The van der Waals surface area contributed by atoms with Crippen LogP contribution < -0.4 is 16.4 Å². The molecular weight excluding hydrogens is 269 g/mol. The second-order valence-corrected chi connectivity index (χ2v) is 5.15. The predicted octanol–water partition coefficient (Wildman–Crippen LogP) is 1.89. The predicted molar refractivity (Wildman–Crippen MR) is 73.7 cm³/mol. The lowest BCUT2D eigenvalue weighted by Crippen LogP contribution is -2.36. The van der Waals surface area contributed by atoms with E-state index in [-0.39, 0.29) is 30.7 Å². The largest absolute Gasteiger partial charge is 0.379 e. The lowest BCUT2D eigenvalue weighted by molar-refractivity contribution is -0.121. The van der Waals surface area contributed by atoms with E-state index < -0.39 is 0 Å². The van der Waals surface area contributed by atoms with Crippen molar-refractivity contribution in [3.8, 4) is 0 Å². The molecule has 1 unspecified atom stereocenters. The van der Waals surface area contributed by atoms with Crippen LogP contribution in [0.1, 0.15) is 19.3 Å². The Morgan fingerprint density at radius 2 is 2.26 bits per heavy atom. The highest BCUT2D eigenvalue weighted by atomic mass is 35.5. The van der Waals surface area contributed by atoms with Gasteiger partial charge in [-0.1, -0.05) is 11.6 Å². The summed E-state index contributed by atoms with van der Waals surface area (Å²) in [6.07, 6.45) is 2.34. The first-order valence-electron chi connectivity index (χ1n) is 6.29. The number of anilines is 1. The molecule has 1 atom stereocenters. The first kappa shape index (κ1) is 14.1. The molecule has 0 aliphatic heterocycles. The van der Waals surface area contributed by atoms with Crippen LogP contribution in [0.5, 0.6) is 0 Å². The van der Waals surface area contributed by atoms with E-state index in [2.05, 4.69) is 10.6 Å². The molecule has 2 rings (SSSR count). The Morgan fingerprint density at radius 3 is 2.89 bits per heavy atom. The normalized spacial score (nSPS) is 15.9. The average Bonchev–Trinajstić information content (AvgIpc) is 3.16. The Labute approximate surface area is 116 Å². The number of rotatable bonds is 6. The number of nitrogens with two attached hydrogens (primary N) is 1. The third-order valence-corrected chi connectivity index (χ3v) is 3.28. The molecule has 1 amide bonds. The van der Waals surface area contributed by atoms with Crippen molar-refractivity contribution in [2.75, 3.05) is 11.9 Å². The van der Waals surface area contributed by atoms with Crippen molar-refractivity contribution in [1.29, 1.82) is 0 Å². The molecule has 0 bridgehead atoms. The van der Waals surface area contributed by atoms with Gasteiger partial charge in [-0.15, -0.1) is 0 Å². The van der Waals surface area contributed by atoms with E-state index in [1.165, 1.54) is 18.2 Å². The van der Waals surface area contributed by atoms with E-state index >= 15 is 0 Å². The van der Waals surface area contributed by atoms with Crippen molar-refractivity contribution in [2.45, 2.75) is 31.3 Å². The number of hydrogen-bond acceptors (Lipinski definition) is 3. The maximum atomic E-state index is 13.1. The molecule has 1 aromatic rings. The lowest BCUT2D eigenvalue weighted by atomic mass is 10.1. The molecule has 1 saturated carbocycles. The molecule has 1 aromatic carbocycles. The van der Waals surface area contributed by atoms with Crippen molar-refractivity contribution in [3.63, 3.8) is 0 Å². The van der Waals surface area contributed by atoms with Gasteiger partial charge in [0.2, 0.25) is 5.91 Å². The van der Waals surface area contributed by atoms with Crippen molar-refractivity contribution < 1.29 is 9.18 Å². The molecule has 0 heterocycles. The summed E-state index contributed by atoms with van der Waals surface area (Å²) < 4.78 is 13.1.